The van der Waals surface area contributed by atoms with Crippen LogP contribution in [-0.4, -0.2) is 24.4 Å². The Bertz CT molecular complexity index is 1110. The maximum Gasteiger partial charge on any atom is 0.249 e. The summed E-state index contributed by atoms with van der Waals surface area (Å²) in [4.78, 5) is 26.8. The number of nitrogens with one attached hydrogen (secondary N) is 2. The van der Waals surface area contributed by atoms with Gasteiger partial charge in [-0.1, -0.05) is 36.4 Å². The number of nitrogens with zero attached hydrogens (tertiary/aromatic N) is 1. The molecule has 5 nitrogen and oxygen atoms in total. The second-order valence-electron chi connectivity index (χ2n) is 7.47. The first-order valence-corrected chi connectivity index (χ1v) is 9.62. The quantitative estimate of drug-likeness (QED) is 0.738. The molecule has 1 aliphatic heterocycles. The number of para-hydroxylation sites is 2. The number of hydrogen-bond acceptors (Lipinski definition) is 3. The smallest absolute Gasteiger partial charge is 0.249 e. The molecular weight excluding hydrogens is 350 g/mol. The van der Waals surface area contributed by atoms with Crippen molar-refractivity contribution in [2.75, 3.05) is 22.1 Å². The highest BCUT2D eigenvalue weighted by Crippen LogP contribution is 2.35. The van der Waals surface area contributed by atoms with E-state index in [4.69, 9.17) is 0 Å². The standard InChI is InChI=1S/C23H21N3O2/c1-14(23(28)26-13-21(27)25-19-7-2-3-8-20(19)26)24-18-12-11-16-10-9-15-5-4-6-17(18)22(15)16/h2-8,11-12,14,24H,9-10,13H2,1H3,(H,25,27)/t14-/m0/s1. The summed E-state index contributed by atoms with van der Waals surface area (Å²) >= 11 is 0. The van der Waals surface area contributed by atoms with E-state index in [-0.39, 0.29) is 18.4 Å². The molecule has 3 aromatic carbocycles. The molecule has 0 unspecified atom stereocenters. The number of carbonyl (C=O) groups is 2. The van der Waals surface area contributed by atoms with E-state index in [1.165, 1.54) is 16.5 Å². The molecule has 5 rings (SSSR count). The molecule has 5 heteroatoms. The Morgan fingerprint density at radius 2 is 1.82 bits per heavy atom. The molecule has 0 bridgehead atoms. The van der Waals surface area contributed by atoms with Crippen LogP contribution in [0.15, 0.2) is 54.6 Å². The number of aryl methyl sites for hydroxylation is 2. The highest BCUT2D eigenvalue weighted by atomic mass is 16.2. The van der Waals surface area contributed by atoms with Gasteiger partial charge in [0.05, 0.1) is 11.4 Å². The van der Waals surface area contributed by atoms with Gasteiger partial charge in [-0.25, -0.2) is 0 Å². The van der Waals surface area contributed by atoms with Gasteiger partial charge in [-0.3, -0.25) is 14.5 Å². The van der Waals surface area contributed by atoms with Gasteiger partial charge in [0.15, 0.2) is 0 Å². The molecule has 0 radical (unpaired) electrons. The van der Waals surface area contributed by atoms with Gasteiger partial charge in [0.1, 0.15) is 12.6 Å². The minimum Gasteiger partial charge on any atom is -0.373 e. The molecule has 28 heavy (non-hydrogen) atoms. The van der Waals surface area contributed by atoms with Gasteiger partial charge in [-0.2, -0.15) is 0 Å². The number of carbonyl (C=O) groups excluding carboxylic acids is 2. The summed E-state index contributed by atoms with van der Waals surface area (Å²) in [5.74, 6) is -0.296. The second-order valence-corrected chi connectivity index (χ2v) is 7.47. The summed E-state index contributed by atoms with van der Waals surface area (Å²) in [5, 5.41) is 8.68. The summed E-state index contributed by atoms with van der Waals surface area (Å²) in [6, 6.07) is 17.5. The molecule has 2 aliphatic rings. The molecule has 0 aromatic heterocycles. The third kappa shape index (κ3) is 2.62. The van der Waals surface area contributed by atoms with Crippen molar-refractivity contribution in [3.63, 3.8) is 0 Å². The summed E-state index contributed by atoms with van der Waals surface area (Å²) in [5.41, 5.74) is 5.11. The molecule has 0 fully saturated rings. The Hall–Kier alpha value is -3.34. The molecule has 140 valence electrons. The molecule has 0 saturated carbocycles. The second kappa shape index (κ2) is 6.37. The van der Waals surface area contributed by atoms with Crippen molar-refractivity contribution in [3.8, 4) is 0 Å². The van der Waals surface area contributed by atoms with Crippen LogP contribution in [0.3, 0.4) is 0 Å². The van der Waals surface area contributed by atoms with E-state index >= 15 is 0 Å². The molecule has 1 aliphatic carbocycles. The Labute approximate surface area is 163 Å². The van der Waals surface area contributed by atoms with Crippen molar-refractivity contribution < 1.29 is 9.59 Å². The molecule has 1 atom stereocenters. The molecule has 2 amide bonds. The highest BCUT2D eigenvalue weighted by Gasteiger charge is 2.30. The van der Waals surface area contributed by atoms with Crippen LogP contribution in [-0.2, 0) is 22.4 Å². The summed E-state index contributed by atoms with van der Waals surface area (Å²) < 4.78 is 0. The van der Waals surface area contributed by atoms with Crippen molar-refractivity contribution in [3.05, 3.63) is 65.7 Å². The van der Waals surface area contributed by atoms with Crippen molar-refractivity contribution in [2.24, 2.45) is 0 Å². The summed E-state index contributed by atoms with van der Waals surface area (Å²) in [6.07, 6.45) is 2.15. The maximum atomic E-state index is 13.2. The largest absolute Gasteiger partial charge is 0.373 e. The third-order valence-electron chi connectivity index (χ3n) is 5.66. The first-order chi connectivity index (χ1) is 13.6. The van der Waals surface area contributed by atoms with Crippen LogP contribution < -0.4 is 15.5 Å². The van der Waals surface area contributed by atoms with Crippen molar-refractivity contribution in [1.29, 1.82) is 0 Å². The van der Waals surface area contributed by atoms with Gasteiger partial charge >= 0.3 is 0 Å². The van der Waals surface area contributed by atoms with E-state index in [9.17, 15) is 9.59 Å². The van der Waals surface area contributed by atoms with Gasteiger partial charge < -0.3 is 10.6 Å². The fraction of sp³-hybridized carbons (Fsp3) is 0.217. The molecule has 1 heterocycles. The third-order valence-corrected chi connectivity index (χ3v) is 5.66. The van der Waals surface area contributed by atoms with Gasteiger partial charge in [-0.15, -0.1) is 0 Å². The summed E-state index contributed by atoms with van der Waals surface area (Å²) in [6.45, 7) is 1.88. The van der Waals surface area contributed by atoms with Crippen LogP contribution in [0, 0.1) is 0 Å². The fourth-order valence-electron chi connectivity index (χ4n) is 4.33. The Kier molecular flexibility index (Phi) is 3.83. The lowest BCUT2D eigenvalue weighted by Gasteiger charge is -2.31. The maximum absolute atomic E-state index is 13.2. The normalized spacial score (nSPS) is 15.9. The molecule has 2 N–H and O–H groups in total. The predicted molar refractivity (Wildman–Crippen MR) is 112 cm³/mol. The minimum absolute atomic E-state index is 0.0334. The highest BCUT2D eigenvalue weighted by molar-refractivity contribution is 6.12. The number of anilines is 3. The van der Waals surface area contributed by atoms with Crippen LogP contribution in [0.1, 0.15) is 18.1 Å². The van der Waals surface area contributed by atoms with E-state index < -0.39 is 6.04 Å². The molecule has 0 spiro atoms. The SMILES string of the molecule is C[C@H](Nc1ccc2c3c(cccc13)CC2)C(=O)N1CC(=O)Nc2ccccc21. The van der Waals surface area contributed by atoms with Crippen molar-refractivity contribution in [1.82, 2.24) is 0 Å². The lowest BCUT2D eigenvalue weighted by Crippen LogP contribution is -2.47. The molecule has 0 saturated heterocycles. The van der Waals surface area contributed by atoms with Gasteiger partial charge in [0.25, 0.3) is 0 Å². The van der Waals surface area contributed by atoms with Crippen LogP contribution in [0.2, 0.25) is 0 Å². The monoisotopic (exact) mass is 371 g/mol. The average molecular weight is 371 g/mol. The average Bonchev–Trinajstić information content (AvgIpc) is 3.13. The first kappa shape index (κ1) is 16.8. The lowest BCUT2D eigenvalue weighted by atomic mass is 10.0. The molecular formula is C23H21N3O2. The van der Waals surface area contributed by atoms with Gasteiger partial charge in [0.2, 0.25) is 11.8 Å². The number of amides is 2. The van der Waals surface area contributed by atoms with E-state index in [0.29, 0.717) is 5.69 Å². The summed E-state index contributed by atoms with van der Waals surface area (Å²) in [7, 11) is 0. The van der Waals surface area contributed by atoms with Crippen LogP contribution >= 0.6 is 0 Å². The number of fused-ring (bicyclic) bond motifs is 1. The van der Waals surface area contributed by atoms with Crippen LogP contribution in [0.4, 0.5) is 17.1 Å². The van der Waals surface area contributed by atoms with Crippen molar-refractivity contribution in [2.45, 2.75) is 25.8 Å². The van der Waals surface area contributed by atoms with E-state index in [2.05, 4.69) is 41.0 Å². The van der Waals surface area contributed by atoms with Crippen LogP contribution in [0.25, 0.3) is 10.8 Å². The van der Waals surface area contributed by atoms with Gasteiger partial charge in [0, 0.05) is 11.1 Å². The Morgan fingerprint density at radius 1 is 1.04 bits per heavy atom. The minimum atomic E-state index is -0.461. The number of hydrogen-bond donors (Lipinski definition) is 2. The van der Waals surface area contributed by atoms with E-state index in [0.717, 1.165) is 29.6 Å². The first-order valence-electron chi connectivity index (χ1n) is 9.62. The zero-order valence-electron chi connectivity index (χ0n) is 15.7. The van der Waals surface area contributed by atoms with Crippen LogP contribution in [0.5, 0.6) is 0 Å². The van der Waals surface area contributed by atoms with Crippen molar-refractivity contribution >= 4 is 39.6 Å². The number of benzene rings is 3. The number of rotatable bonds is 3. The zero-order valence-corrected chi connectivity index (χ0v) is 15.7. The Balaban J connectivity index is 1.46. The fourth-order valence-corrected chi connectivity index (χ4v) is 4.33. The zero-order chi connectivity index (χ0) is 19.3. The Morgan fingerprint density at radius 3 is 2.68 bits per heavy atom. The lowest BCUT2D eigenvalue weighted by molar-refractivity contribution is -0.122. The van der Waals surface area contributed by atoms with E-state index in [1.54, 1.807) is 4.90 Å². The molecule has 3 aromatic rings. The predicted octanol–water partition coefficient (Wildman–Crippen LogP) is 3.72. The van der Waals surface area contributed by atoms with Gasteiger partial charge in [-0.05, 0) is 54.5 Å². The topological polar surface area (TPSA) is 61.4 Å². The van der Waals surface area contributed by atoms with E-state index in [1.807, 2.05) is 31.2 Å².